The topological polar surface area (TPSA) is 32.3 Å². The van der Waals surface area contributed by atoms with Gasteiger partial charge in [0.2, 0.25) is 0 Å². The minimum absolute atomic E-state index is 0.283. The van der Waals surface area contributed by atoms with Gasteiger partial charge in [-0.2, -0.15) is 0 Å². The minimum atomic E-state index is 0.283. The molecule has 0 aromatic heterocycles. The minimum Gasteiger partial charge on any atom is -0.395 e. The molecule has 1 saturated carbocycles. The fourth-order valence-corrected chi connectivity index (χ4v) is 2.69. The lowest BCUT2D eigenvalue weighted by Crippen LogP contribution is -2.40. The molecule has 2 nitrogen and oxygen atoms in total. The van der Waals surface area contributed by atoms with Gasteiger partial charge in [0.05, 0.1) is 6.61 Å². The lowest BCUT2D eigenvalue weighted by molar-refractivity contribution is 0.212. The number of aliphatic hydroxyl groups excluding tert-OH is 1. The first-order valence-electron chi connectivity index (χ1n) is 6.52. The van der Waals surface area contributed by atoms with Crippen LogP contribution in [0, 0.1) is 11.8 Å². The molecule has 15 heavy (non-hydrogen) atoms. The molecule has 0 heterocycles. The highest BCUT2D eigenvalue weighted by atomic mass is 16.3. The van der Waals surface area contributed by atoms with Crippen LogP contribution in [-0.2, 0) is 0 Å². The first kappa shape index (κ1) is 13.0. The third kappa shape index (κ3) is 4.52. The Morgan fingerprint density at radius 2 is 2.07 bits per heavy atom. The fourth-order valence-electron chi connectivity index (χ4n) is 2.69. The molecule has 1 aliphatic rings. The van der Waals surface area contributed by atoms with Crippen LogP contribution >= 0.6 is 0 Å². The van der Waals surface area contributed by atoms with Crippen LogP contribution in [0.4, 0.5) is 0 Å². The van der Waals surface area contributed by atoms with Crippen molar-refractivity contribution in [2.45, 2.75) is 65.0 Å². The Balaban J connectivity index is 2.27. The average Bonchev–Trinajstić information content (AvgIpc) is 2.64. The van der Waals surface area contributed by atoms with Crippen LogP contribution in [0.1, 0.15) is 52.9 Å². The standard InChI is InChI=1S/C13H27NO/c1-4-11-5-6-12(8-11)14-13(9-15)7-10(2)3/h10-15H,4-9H2,1-3H3. The Labute approximate surface area is 94.5 Å². The molecule has 0 aromatic carbocycles. The first-order chi connectivity index (χ1) is 7.15. The Morgan fingerprint density at radius 1 is 1.33 bits per heavy atom. The molecule has 3 atom stereocenters. The van der Waals surface area contributed by atoms with E-state index in [-0.39, 0.29) is 6.61 Å². The van der Waals surface area contributed by atoms with E-state index in [4.69, 9.17) is 0 Å². The molecule has 0 spiro atoms. The van der Waals surface area contributed by atoms with Crippen LogP contribution in [0.2, 0.25) is 0 Å². The van der Waals surface area contributed by atoms with E-state index in [0.29, 0.717) is 18.0 Å². The summed E-state index contributed by atoms with van der Waals surface area (Å²) < 4.78 is 0. The van der Waals surface area contributed by atoms with Crippen LogP contribution in [-0.4, -0.2) is 23.8 Å². The summed E-state index contributed by atoms with van der Waals surface area (Å²) in [6.45, 7) is 7.00. The molecule has 1 aliphatic carbocycles. The van der Waals surface area contributed by atoms with E-state index in [9.17, 15) is 5.11 Å². The van der Waals surface area contributed by atoms with Crippen LogP contribution in [0.5, 0.6) is 0 Å². The van der Waals surface area contributed by atoms with Gasteiger partial charge in [0, 0.05) is 12.1 Å². The maximum absolute atomic E-state index is 9.30. The zero-order chi connectivity index (χ0) is 11.3. The summed E-state index contributed by atoms with van der Waals surface area (Å²) in [5.41, 5.74) is 0. The van der Waals surface area contributed by atoms with Crippen molar-refractivity contribution in [3.8, 4) is 0 Å². The van der Waals surface area contributed by atoms with Crippen molar-refractivity contribution in [3.05, 3.63) is 0 Å². The van der Waals surface area contributed by atoms with Crippen molar-refractivity contribution in [1.29, 1.82) is 0 Å². The van der Waals surface area contributed by atoms with Gasteiger partial charge in [0.15, 0.2) is 0 Å². The molecule has 0 amide bonds. The molecule has 2 heteroatoms. The fraction of sp³-hybridized carbons (Fsp3) is 1.00. The Bertz CT molecular complexity index is 170. The van der Waals surface area contributed by atoms with Gasteiger partial charge in [-0.3, -0.25) is 0 Å². The van der Waals surface area contributed by atoms with Crippen LogP contribution < -0.4 is 5.32 Å². The van der Waals surface area contributed by atoms with Crippen molar-refractivity contribution in [2.75, 3.05) is 6.61 Å². The summed E-state index contributed by atoms with van der Waals surface area (Å²) in [6, 6.07) is 0.969. The second kappa shape index (κ2) is 6.49. The van der Waals surface area contributed by atoms with Gasteiger partial charge in [-0.05, 0) is 37.5 Å². The first-order valence-corrected chi connectivity index (χ1v) is 6.52. The largest absolute Gasteiger partial charge is 0.395 e. The van der Waals surface area contributed by atoms with E-state index in [1.807, 2.05) is 0 Å². The molecule has 1 fully saturated rings. The van der Waals surface area contributed by atoms with E-state index < -0.39 is 0 Å². The summed E-state index contributed by atoms with van der Waals surface area (Å²) in [6.07, 6.45) is 6.38. The van der Waals surface area contributed by atoms with Gasteiger partial charge in [-0.25, -0.2) is 0 Å². The van der Waals surface area contributed by atoms with Crippen LogP contribution in [0.15, 0.2) is 0 Å². The predicted molar refractivity (Wildman–Crippen MR) is 64.9 cm³/mol. The SMILES string of the molecule is CCC1CCC(NC(CO)CC(C)C)C1. The second-order valence-corrected chi connectivity index (χ2v) is 5.46. The number of rotatable bonds is 6. The summed E-state index contributed by atoms with van der Waals surface area (Å²) in [7, 11) is 0. The van der Waals surface area contributed by atoms with E-state index in [1.54, 1.807) is 0 Å². The molecule has 90 valence electrons. The lowest BCUT2D eigenvalue weighted by atomic mass is 10.0. The molecule has 0 radical (unpaired) electrons. The summed E-state index contributed by atoms with van der Waals surface area (Å²) in [5.74, 6) is 1.58. The maximum Gasteiger partial charge on any atom is 0.0584 e. The van der Waals surface area contributed by atoms with Crippen molar-refractivity contribution >= 4 is 0 Å². The van der Waals surface area contributed by atoms with E-state index >= 15 is 0 Å². The van der Waals surface area contributed by atoms with Gasteiger partial charge in [-0.1, -0.05) is 27.2 Å². The molecular weight excluding hydrogens is 186 g/mol. The van der Waals surface area contributed by atoms with Gasteiger partial charge in [0.25, 0.3) is 0 Å². The number of hydrogen-bond donors (Lipinski definition) is 2. The highest BCUT2D eigenvalue weighted by Crippen LogP contribution is 2.28. The molecule has 0 aromatic rings. The summed E-state index contributed by atoms with van der Waals surface area (Å²) >= 11 is 0. The van der Waals surface area contributed by atoms with Gasteiger partial charge >= 0.3 is 0 Å². The van der Waals surface area contributed by atoms with Crippen LogP contribution in [0.25, 0.3) is 0 Å². The molecule has 0 bridgehead atoms. The number of aliphatic hydroxyl groups is 1. The van der Waals surface area contributed by atoms with E-state index in [1.165, 1.54) is 25.7 Å². The van der Waals surface area contributed by atoms with Crippen molar-refractivity contribution in [3.63, 3.8) is 0 Å². The monoisotopic (exact) mass is 213 g/mol. The highest BCUT2D eigenvalue weighted by Gasteiger charge is 2.25. The third-order valence-corrected chi connectivity index (χ3v) is 3.57. The summed E-state index contributed by atoms with van der Waals surface area (Å²) in [5, 5.41) is 12.9. The molecule has 0 saturated heterocycles. The number of hydrogen-bond acceptors (Lipinski definition) is 2. The van der Waals surface area contributed by atoms with Crippen LogP contribution in [0.3, 0.4) is 0 Å². The van der Waals surface area contributed by atoms with Crippen molar-refractivity contribution in [2.24, 2.45) is 11.8 Å². The second-order valence-electron chi connectivity index (χ2n) is 5.46. The van der Waals surface area contributed by atoms with E-state index in [2.05, 4.69) is 26.1 Å². The Hall–Kier alpha value is -0.0800. The van der Waals surface area contributed by atoms with Gasteiger partial charge in [0.1, 0.15) is 0 Å². The molecule has 2 N–H and O–H groups in total. The molecule has 3 unspecified atom stereocenters. The highest BCUT2D eigenvalue weighted by molar-refractivity contribution is 4.83. The number of nitrogens with one attached hydrogen (secondary N) is 1. The lowest BCUT2D eigenvalue weighted by Gasteiger charge is -2.22. The van der Waals surface area contributed by atoms with Gasteiger partial charge in [-0.15, -0.1) is 0 Å². The molecule has 0 aliphatic heterocycles. The average molecular weight is 213 g/mol. The Kier molecular flexibility index (Phi) is 5.62. The van der Waals surface area contributed by atoms with Crippen molar-refractivity contribution < 1.29 is 5.11 Å². The molecular formula is C13H27NO. The zero-order valence-corrected chi connectivity index (χ0v) is 10.5. The normalized spacial score (nSPS) is 28.6. The Morgan fingerprint density at radius 3 is 2.53 bits per heavy atom. The third-order valence-electron chi connectivity index (χ3n) is 3.57. The smallest absolute Gasteiger partial charge is 0.0584 e. The van der Waals surface area contributed by atoms with Gasteiger partial charge < -0.3 is 10.4 Å². The maximum atomic E-state index is 9.30. The predicted octanol–water partition coefficient (Wildman–Crippen LogP) is 2.56. The molecule has 1 rings (SSSR count). The zero-order valence-electron chi connectivity index (χ0n) is 10.5. The van der Waals surface area contributed by atoms with Crippen molar-refractivity contribution in [1.82, 2.24) is 5.32 Å². The van der Waals surface area contributed by atoms with E-state index in [0.717, 1.165) is 12.3 Å². The summed E-state index contributed by atoms with van der Waals surface area (Å²) in [4.78, 5) is 0. The quantitative estimate of drug-likeness (QED) is 0.711.